The number of fused-ring (bicyclic) bond motifs is 3. The molecule has 63 heavy (non-hydrogen) atoms. The molecule has 0 amide bonds. The molecule has 6 saturated heterocycles. The number of ether oxygens (including phenoxy) is 10. The smallest absolute Gasteiger partial charge is 0.303 e. The first-order valence-corrected chi connectivity index (χ1v) is 27.9. The lowest BCUT2D eigenvalue weighted by atomic mass is 9.96. The summed E-state index contributed by atoms with van der Waals surface area (Å²) >= 11 is 0. The van der Waals surface area contributed by atoms with Crippen LogP contribution in [0.1, 0.15) is 83.1 Å². The quantitative estimate of drug-likeness (QED) is 0.211. The van der Waals surface area contributed by atoms with Gasteiger partial charge in [-0.05, 0) is 62.3 Å². The largest absolute Gasteiger partial charge is 0.457 e. The number of carbonyl (C=O) groups excluding carboxylic acids is 1. The van der Waals surface area contributed by atoms with Crippen LogP contribution in [0.3, 0.4) is 0 Å². The lowest BCUT2D eigenvalue weighted by Crippen LogP contribution is -2.58. The van der Waals surface area contributed by atoms with Crippen LogP contribution in [0.15, 0.2) is 0 Å². The molecule has 0 radical (unpaired) electrons. The van der Waals surface area contributed by atoms with E-state index in [0.717, 1.165) is 0 Å². The minimum Gasteiger partial charge on any atom is -0.457 e. The zero-order chi connectivity index (χ0) is 48.1. The Labute approximate surface area is 370 Å². The van der Waals surface area contributed by atoms with Crippen LogP contribution in [0.2, 0.25) is 0 Å². The van der Waals surface area contributed by atoms with Crippen LogP contribution in [0, 0.1) is 0 Å². The van der Waals surface area contributed by atoms with Crippen LogP contribution in [0.5, 0.6) is 0 Å². The lowest BCUT2D eigenvalue weighted by Gasteiger charge is -2.40. The van der Waals surface area contributed by atoms with Crippen LogP contribution in [-0.2, 0) is 91.5 Å². The van der Waals surface area contributed by atoms with Gasteiger partial charge in [0.1, 0.15) is 61.0 Å². The predicted molar refractivity (Wildman–Crippen MR) is 220 cm³/mol. The molecule has 6 rings (SSSR count). The summed E-state index contributed by atoms with van der Waals surface area (Å²) in [5, 5.41) is 27.4. The minimum absolute atomic E-state index is 0.257. The van der Waals surface area contributed by atoms with Crippen molar-refractivity contribution in [1.29, 1.82) is 0 Å². The molecule has 3 N–H and O–H groups in total. The third-order valence-electron chi connectivity index (χ3n) is 10.8. The second-order valence-electron chi connectivity index (χ2n) is 17.9. The Morgan fingerprint density at radius 1 is 0.508 bits per heavy atom. The topological polar surface area (TPSA) is 307 Å². The van der Waals surface area contributed by atoms with E-state index in [4.69, 9.17) is 47.4 Å². The average Bonchev–Trinajstić information content (AvgIpc) is 3.76. The van der Waals surface area contributed by atoms with Crippen LogP contribution < -0.4 is 0 Å². The highest BCUT2D eigenvalue weighted by molar-refractivity contribution is 8.08. The predicted octanol–water partition coefficient (Wildman–Crippen LogP) is -0.901. The SMILES string of the molecule is CC1OC(O)C(O)C2OC(C)(C)OC12.CCS(=O)(=O)CS(=O)(=O)CC1OC(C)C2OC(C)(C)OC2C1O.CCS(=O)(=O)CS(=O)(=O)CC1OC(C)C2OC(C)(C)OC2C1OC(C)=O. The molecular weight excluding hydrogens is 925 g/mol. The number of hydrogen-bond acceptors (Lipinski definition) is 22. The van der Waals surface area contributed by atoms with Crippen molar-refractivity contribution in [3.05, 3.63) is 0 Å². The third kappa shape index (κ3) is 14.4. The zero-order valence-corrected chi connectivity index (χ0v) is 40.9. The van der Waals surface area contributed by atoms with Crippen molar-refractivity contribution in [2.24, 2.45) is 0 Å². The van der Waals surface area contributed by atoms with Gasteiger partial charge in [0.25, 0.3) is 0 Å². The molecule has 370 valence electrons. The molecule has 26 heteroatoms. The molecule has 6 fully saturated rings. The molecule has 6 aliphatic heterocycles. The first-order chi connectivity index (χ1) is 28.5. The second kappa shape index (κ2) is 19.8. The van der Waals surface area contributed by atoms with E-state index in [9.17, 15) is 53.8 Å². The molecule has 6 heterocycles. The highest BCUT2D eigenvalue weighted by atomic mass is 32.3. The standard InChI is InChI=1S/C15H26O9S2.C13H24O8S2.C9H16O5/c1-6-25(17,18)8-26(19,20)7-11-13(22-10(3)16)14-12(9(2)21-11)23-15(4,5)24-14;1-5-22(15,16)7-23(17,18)6-9-10(14)12-11(8(2)19-9)20-13(3,4)21-12;1-4-6-7(5(10)8(11)12-4)14-9(2,3)13-6/h9,11-14H,6-8H2,1-5H3;8-12,14H,5-7H2,1-4H3;4-8,10-11H,1-3H3. The molecule has 0 aromatic heterocycles. The first kappa shape index (κ1) is 54.4. The molecular formula is C37H66O22S4. The third-order valence-corrected chi connectivity index (χ3v) is 20.0. The summed E-state index contributed by atoms with van der Waals surface area (Å²) in [5.74, 6) is -4.89. The maximum Gasteiger partial charge on any atom is 0.303 e. The van der Waals surface area contributed by atoms with Crippen molar-refractivity contribution in [1.82, 2.24) is 0 Å². The van der Waals surface area contributed by atoms with E-state index < -0.39 is 164 Å². The highest BCUT2D eigenvalue weighted by Gasteiger charge is 2.57. The molecule has 0 aromatic rings. The molecule has 15 unspecified atom stereocenters. The van der Waals surface area contributed by atoms with E-state index in [1.165, 1.54) is 20.8 Å². The number of sulfone groups is 4. The van der Waals surface area contributed by atoms with Gasteiger partial charge < -0.3 is 62.7 Å². The summed E-state index contributed by atoms with van der Waals surface area (Å²) in [6.07, 6.45) is -11.1. The molecule has 22 nitrogen and oxygen atoms in total. The van der Waals surface area contributed by atoms with Gasteiger partial charge in [-0.2, -0.15) is 0 Å². The zero-order valence-electron chi connectivity index (χ0n) is 37.6. The van der Waals surface area contributed by atoms with Crippen molar-refractivity contribution in [2.45, 2.75) is 192 Å². The Balaban J connectivity index is 0.000000216. The van der Waals surface area contributed by atoms with Crippen molar-refractivity contribution < 1.29 is 101 Å². The number of aliphatic hydroxyl groups is 3. The summed E-state index contributed by atoms with van der Waals surface area (Å²) < 4.78 is 151. The van der Waals surface area contributed by atoms with E-state index in [1.54, 1.807) is 62.3 Å². The summed E-state index contributed by atoms with van der Waals surface area (Å²) in [5.41, 5.74) is 0. The van der Waals surface area contributed by atoms with Crippen molar-refractivity contribution in [2.75, 3.05) is 33.2 Å². The summed E-state index contributed by atoms with van der Waals surface area (Å²) in [4.78, 5) is 11.5. The van der Waals surface area contributed by atoms with Crippen LogP contribution >= 0.6 is 0 Å². The monoisotopic (exact) mass is 990 g/mol. The summed E-state index contributed by atoms with van der Waals surface area (Å²) in [7, 11) is -15.3. The number of esters is 1. The van der Waals surface area contributed by atoms with E-state index in [1.807, 2.05) is 0 Å². The van der Waals surface area contributed by atoms with Crippen molar-refractivity contribution in [3.63, 3.8) is 0 Å². The van der Waals surface area contributed by atoms with Gasteiger partial charge in [0.2, 0.25) is 0 Å². The highest BCUT2D eigenvalue weighted by Crippen LogP contribution is 2.40. The molecule has 0 aliphatic carbocycles. The Bertz CT molecular complexity index is 2040. The molecule has 0 spiro atoms. The van der Waals surface area contributed by atoms with E-state index >= 15 is 0 Å². The van der Waals surface area contributed by atoms with Gasteiger partial charge in [-0.3, -0.25) is 4.79 Å². The molecule has 0 saturated carbocycles. The number of hydrogen-bond donors (Lipinski definition) is 3. The van der Waals surface area contributed by atoms with Crippen molar-refractivity contribution >= 4 is 45.3 Å². The Morgan fingerprint density at radius 2 is 0.841 bits per heavy atom. The molecule has 0 bridgehead atoms. The van der Waals surface area contributed by atoms with Gasteiger partial charge in [0, 0.05) is 18.4 Å². The molecule has 0 aromatic carbocycles. The van der Waals surface area contributed by atoms with Gasteiger partial charge in [-0.15, -0.1) is 0 Å². The maximum absolute atomic E-state index is 12.4. The maximum atomic E-state index is 12.4. The average molecular weight is 991 g/mol. The second-order valence-corrected chi connectivity index (χ2v) is 27.5. The fraction of sp³-hybridized carbons (Fsp3) is 0.973. The normalized spacial score (nSPS) is 39.3. The first-order valence-electron chi connectivity index (χ1n) is 20.6. The van der Waals surface area contributed by atoms with Crippen LogP contribution in [0.25, 0.3) is 0 Å². The Hall–Kier alpha value is -1.21. The number of rotatable bonds is 11. The number of aliphatic hydroxyl groups excluding tert-OH is 3. The minimum atomic E-state index is -4.00. The fourth-order valence-electron chi connectivity index (χ4n) is 8.07. The summed E-state index contributed by atoms with van der Waals surface area (Å²) in [6, 6.07) is 0. The van der Waals surface area contributed by atoms with Gasteiger partial charge >= 0.3 is 5.97 Å². The van der Waals surface area contributed by atoms with E-state index in [0.29, 0.717) is 0 Å². The fourth-order valence-corrected chi connectivity index (χ4v) is 16.1. The van der Waals surface area contributed by atoms with Gasteiger partial charge in [0.15, 0.2) is 79.3 Å². The van der Waals surface area contributed by atoms with Gasteiger partial charge in [-0.25, -0.2) is 33.7 Å². The van der Waals surface area contributed by atoms with Gasteiger partial charge in [-0.1, -0.05) is 13.8 Å². The Morgan fingerprint density at radius 3 is 1.25 bits per heavy atom. The van der Waals surface area contributed by atoms with E-state index in [-0.39, 0.29) is 23.7 Å². The van der Waals surface area contributed by atoms with Crippen molar-refractivity contribution in [3.8, 4) is 0 Å². The summed E-state index contributed by atoms with van der Waals surface area (Å²) in [6.45, 7) is 19.5. The lowest BCUT2D eigenvalue weighted by molar-refractivity contribution is -0.255. The van der Waals surface area contributed by atoms with Crippen LogP contribution in [0.4, 0.5) is 0 Å². The van der Waals surface area contributed by atoms with E-state index in [2.05, 4.69) is 0 Å². The Kier molecular flexibility index (Phi) is 17.1. The van der Waals surface area contributed by atoms with Crippen LogP contribution in [-0.4, -0.2) is 197 Å². The molecule has 6 aliphatic rings. The molecule has 15 atom stereocenters. The number of carbonyl (C=O) groups is 1. The van der Waals surface area contributed by atoms with Gasteiger partial charge in [0.05, 0.1) is 29.8 Å².